The Kier molecular flexibility index (Phi) is 5.68. The first kappa shape index (κ1) is 15.8. The van der Waals surface area contributed by atoms with E-state index in [9.17, 15) is 13.5 Å². The Labute approximate surface area is 113 Å². The highest BCUT2D eigenvalue weighted by Crippen LogP contribution is 2.14. The molecule has 1 rings (SSSR count). The van der Waals surface area contributed by atoms with Crippen molar-refractivity contribution in [2.24, 2.45) is 0 Å². The molecule has 0 aliphatic carbocycles. The van der Waals surface area contributed by atoms with E-state index in [2.05, 4.69) is 6.58 Å². The maximum Gasteiger partial charge on any atom is 0.266 e. The Hall–Kier alpha value is -1.21. The smallest absolute Gasteiger partial charge is 0.266 e. The molecule has 0 saturated heterocycles. The molecule has 0 aliphatic rings. The van der Waals surface area contributed by atoms with Crippen LogP contribution in [-0.2, 0) is 16.7 Å². The van der Waals surface area contributed by atoms with Crippen LogP contribution in [0.2, 0.25) is 0 Å². The van der Waals surface area contributed by atoms with Crippen LogP contribution < -0.4 is 0 Å². The zero-order chi connectivity index (χ0) is 14.5. The summed E-state index contributed by atoms with van der Waals surface area (Å²) in [5.74, 6) is -0.409. The standard InChI is InChI=1S/C13H19NO4S/c1-3-12-6-4-5-7-13(12)10-14(11(2)15)8-9-19(16,17)18/h3-7,11,15H,1,8-10H2,2H3,(H,16,17,18). The lowest BCUT2D eigenvalue weighted by atomic mass is 10.1. The number of benzene rings is 1. The molecule has 1 aromatic carbocycles. The second-order valence-electron chi connectivity index (χ2n) is 4.29. The van der Waals surface area contributed by atoms with Gasteiger partial charge in [-0.15, -0.1) is 0 Å². The minimum Gasteiger partial charge on any atom is -0.379 e. The van der Waals surface area contributed by atoms with Crippen LogP contribution >= 0.6 is 0 Å². The monoisotopic (exact) mass is 285 g/mol. The van der Waals surface area contributed by atoms with Crippen molar-refractivity contribution in [1.82, 2.24) is 4.90 Å². The van der Waals surface area contributed by atoms with E-state index in [1.807, 2.05) is 24.3 Å². The molecule has 0 spiro atoms. The third-order valence-electron chi connectivity index (χ3n) is 2.81. The second kappa shape index (κ2) is 6.81. The zero-order valence-corrected chi connectivity index (χ0v) is 11.7. The van der Waals surface area contributed by atoms with Gasteiger partial charge in [-0.05, 0) is 18.1 Å². The predicted molar refractivity (Wildman–Crippen MR) is 75.0 cm³/mol. The van der Waals surface area contributed by atoms with Gasteiger partial charge in [-0.2, -0.15) is 8.42 Å². The molecule has 19 heavy (non-hydrogen) atoms. The van der Waals surface area contributed by atoms with Crippen LogP contribution in [0.15, 0.2) is 30.8 Å². The topological polar surface area (TPSA) is 77.8 Å². The molecule has 1 unspecified atom stereocenters. The fourth-order valence-corrected chi connectivity index (χ4v) is 2.19. The van der Waals surface area contributed by atoms with E-state index in [1.165, 1.54) is 0 Å². The van der Waals surface area contributed by atoms with Crippen LogP contribution in [0.1, 0.15) is 18.1 Å². The Morgan fingerprint density at radius 1 is 1.42 bits per heavy atom. The quantitative estimate of drug-likeness (QED) is 0.584. The van der Waals surface area contributed by atoms with Crippen molar-refractivity contribution in [2.75, 3.05) is 12.3 Å². The van der Waals surface area contributed by atoms with Crippen molar-refractivity contribution in [3.05, 3.63) is 42.0 Å². The molecule has 0 saturated carbocycles. The Balaban J connectivity index is 2.81. The fraction of sp³-hybridized carbons (Fsp3) is 0.385. The van der Waals surface area contributed by atoms with Gasteiger partial charge in [0.1, 0.15) is 6.23 Å². The maximum atomic E-state index is 10.8. The number of hydrogen-bond donors (Lipinski definition) is 2. The Morgan fingerprint density at radius 3 is 2.58 bits per heavy atom. The summed E-state index contributed by atoms with van der Waals surface area (Å²) >= 11 is 0. The van der Waals surface area contributed by atoms with Crippen LogP contribution in [0, 0.1) is 0 Å². The molecule has 1 aromatic rings. The number of rotatable bonds is 7. The van der Waals surface area contributed by atoms with Crippen LogP contribution in [0.5, 0.6) is 0 Å². The summed E-state index contributed by atoms with van der Waals surface area (Å²) < 4.78 is 30.3. The molecule has 0 aliphatic heterocycles. The summed E-state index contributed by atoms with van der Waals surface area (Å²) in [5, 5.41) is 9.66. The van der Waals surface area contributed by atoms with E-state index in [0.29, 0.717) is 6.54 Å². The number of aliphatic hydroxyl groups is 1. The highest BCUT2D eigenvalue weighted by Gasteiger charge is 2.16. The van der Waals surface area contributed by atoms with Gasteiger partial charge in [0, 0.05) is 13.1 Å². The van der Waals surface area contributed by atoms with E-state index < -0.39 is 22.1 Å². The van der Waals surface area contributed by atoms with Crippen molar-refractivity contribution in [1.29, 1.82) is 0 Å². The van der Waals surface area contributed by atoms with Gasteiger partial charge in [0.05, 0.1) is 5.75 Å². The lowest BCUT2D eigenvalue weighted by molar-refractivity contribution is 0.0169. The fourth-order valence-electron chi connectivity index (χ4n) is 1.73. The van der Waals surface area contributed by atoms with Gasteiger partial charge in [0.25, 0.3) is 10.1 Å². The van der Waals surface area contributed by atoms with Crippen molar-refractivity contribution in [2.45, 2.75) is 19.7 Å². The minimum atomic E-state index is -4.03. The molecule has 1 atom stereocenters. The van der Waals surface area contributed by atoms with E-state index in [-0.39, 0.29) is 6.54 Å². The van der Waals surface area contributed by atoms with E-state index in [4.69, 9.17) is 4.55 Å². The summed E-state index contributed by atoms with van der Waals surface area (Å²) in [6, 6.07) is 7.53. The van der Waals surface area contributed by atoms with Crippen LogP contribution in [0.4, 0.5) is 0 Å². The Bertz CT molecular complexity index is 525. The van der Waals surface area contributed by atoms with Crippen LogP contribution in [0.3, 0.4) is 0 Å². The van der Waals surface area contributed by atoms with E-state index in [0.717, 1.165) is 11.1 Å². The molecular formula is C13H19NO4S. The van der Waals surface area contributed by atoms with Crippen molar-refractivity contribution in [3.63, 3.8) is 0 Å². The summed E-state index contributed by atoms with van der Waals surface area (Å²) in [5.41, 5.74) is 1.87. The molecule has 2 N–H and O–H groups in total. The van der Waals surface area contributed by atoms with Crippen LogP contribution in [0.25, 0.3) is 6.08 Å². The average Bonchev–Trinajstić information content (AvgIpc) is 2.33. The number of aliphatic hydroxyl groups excluding tert-OH is 1. The SMILES string of the molecule is C=Cc1ccccc1CN(CCS(=O)(=O)O)C(C)O. The van der Waals surface area contributed by atoms with Gasteiger partial charge < -0.3 is 5.11 Å². The molecule has 0 radical (unpaired) electrons. The van der Waals surface area contributed by atoms with Crippen molar-refractivity contribution in [3.8, 4) is 0 Å². The molecule has 5 nitrogen and oxygen atoms in total. The van der Waals surface area contributed by atoms with Gasteiger partial charge in [0.15, 0.2) is 0 Å². The predicted octanol–water partition coefficient (Wildman–Crippen LogP) is 1.36. The highest BCUT2D eigenvalue weighted by atomic mass is 32.2. The summed E-state index contributed by atoms with van der Waals surface area (Å²) in [7, 11) is -4.03. The summed E-state index contributed by atoms with van der Waals surface area (Å²) in [4.78, 5) is 1.57. The van der Waals surface area contributed by atoms with Gasteiger partial charge in [0.2, 0.25) is 0 Å². The van der Waals surface area contributed by atoms with Crippen molar-refractivity contribution < 1.29 is 18.1 Å². The molecule has 0 amide bonds. The normalized spacial score (nSPS) is 13.5. The van der Waals surface area contributed by atoms with Crippen molar-refractivity contribution >= 4 is 16.2 Å². The third kappa shape index (κ3) is 5.52. The lowest BCUT2D eigenvalue weighted by Gasteiger charge is -2.25. The van der Waals surface area contributed by atoms with E-state index in [1.54, 1.807) is 17.9 Å². The van der Waals surface area contributed by atoms with E-state index >= 15 is 0 Å². The lowest BCUT2D eigenvalue weighted by Crippen LogP contribution is -2.36. The average molecular weight is 285 g/mol. The largest absolute Gasteiger partial charge is 0.379 e. The Morgan fingerprint density at radius 2 is 2.05 bits per heavy atom. The molecule has 0 aromatic heterocycles. The summed E-state index contributed by atoms with van der Waals surface area (Å²) in [6.45, 7) is 5.71. The molecule has 106 valence electrons. The molecule has 6 heteroatoms. The zero-order valence-electron chi connectivity index (χ0n) is 10.9. The third-order valence-corrected chi connectivity index (χ3v) is 3.51. The molecular weight excluding hydrogens is 266 g/mol. The molecule has 0 fully saturated rings. The second-order valence-corrected chi connectivity index (χ2v) is 5.86. The first-order chi connectivity index (χ1) is 8.83. The highest BCUT2D eigenvalue weighted by molar-refractivity contribution is 7.85. The first-order valence-corrected chi connectivity index (χ1v) is 7.52. The van der Waals surface area contributed by atoms with Gasteiger partial charge in [-0.1, -0.05) is 36.9 Å². The molecule has 0 heterocycles. The van der Waals surface area contributed by atoms with Gasteiger partial charge in [-0.25, -0.2) is 0 Å². The van der Waals surface area contributed by atoms with Gasteiger partial charge in [-0.3, -0.25) is 9.45 Å². The number of hydrogen-bond acceptors (Lipinski definition) is 4. The molecule has 0 bridgehead atoms. The maximum absolute atomic E-state index is 10.8. The van der Waals surface area contributed by atoms with Gasteiger partial charge >= 0.3 is 0 Å². The number of nitrogens with zero attached hydrogens (tertiary/aromatic N) is 1. The first-order valence-electron chi connectivity index (χ1n) is 5.91. The summed E-state index contributed by atoms with van der Waals surface area (Å²) in [6.07, 6.45) is 0.901. The minimum absolute atomic E-state index is 0.0575. The van der Waals surface area contributed by atoms with Crippen LogP contribution in [-0.4, -0.2) is 41.5 Å².